The van der Waals surface area contributed by atoms with E-state index in [1.54, 1.807) is 18.2 Å². The van der Waals surface area contributed by atoms with Gasteiger partial charge in [-0.1, -0.05) is 44.0 Å². The van der Waals surface area contributed by atoms with Crippen molar-refractivity contribution < 1.29 is 9.90 Å². The molecule has 2 rings (SSSR count). The summed E-state index contributed by atoms with van der Waals surface area (Å²) in [6, 6.07) is 12.9. The standard InChI is InChI=1S/C14H11Br2NO2/c15-10-3-1-2-9(6-10)8-17-13-7-11(16)4-5-12(13)14(18)19/h1-7,17H,8H2,(H,18,19). The first-order valence-electron chi connectivity index (χ1n) is 5.57. The molecule has 0 amide bonds. The van der Waals surface area contributed by atoms with Crippen LogP contribution < -0.4 is 5.32 Å². The van der Waals surface area contributed by atoms with Gasteiger partial charge in [0.2, 0.25) is 0 Å². The van der Waals surface area contributed by atoms with Crippen LogP contribution in [0.3, 0.4) is 0 Å². The van der Waals surface area contributed by atoms with Gasteiger partial charge in [0.1, 0.15) is 0 Å². The van der Waals surface area contributed by atoms with Gasteiger partial charge >= 0.3 is 5.97 Å². The summed E-state index contributed by atoms with van der Waals surface area (Å²) in [4.78, 5) is 11.1. The molecule has 3 nitrogen and oxygen atoms in total. The Kier molecular flexibility index (Phi) is 4.61. The maximum absolute atomic E-state index is 11.1. The zero-order valence-corrected chi connectivity index (χ0v) is 13.0. The van der Waals surface area contributed by atoms with E-state index in [9.17, 15) is 4.79 Å². The Labute approximate surface area is 127 Å². The lowest BCUT2D eigenvalue weighted by molar-refractivity contribution is 0.0698. The van der Waals surface area contributed by atoms with E-state index in [-0.39, 0.29) is 5.56 Å². The number of benzene rings is 2. The molecule has 0 radical (unpaired) electrons. The van der Waals surface area contributed by atoms with Crippen molar-refractivity contribution in [1.82, 2.24) is 0 Å². The summed E-state index contributed by atoms with van der Waals surface area (Å²) >= 11 is 6.75. The number of carboxylic acid groups (broad SMARTS) is 1. The molecule has 0 fully saturated rings. The van der Waals surface area contributed by atoms with Gasteiger partial charge in [0, 0.05) is 15.5 Å². The van der Waals surface area contributed by atoms with Gasteiger partial charge in [0.05, 0.1) is 11.3 Å². The highest BCUT2D eigenvalue weighted by molar-refractivity contribution is 9.10. The molecule has 5 heteroatoms. The summed E-state index contributed by atoms with van der Waals surface area (Å²) in [5, 5.41) is 12.3. The van der Waals surface area contributed by atoms with Gasteiger partial charge in [-0.05, 0) is 35.9 Å². The van der Waals surface area contributed by atoms with Crippen LogP contribution in [0.1, 0.15) is 15.9 Å². The van der Waals surface area contributed by atoms with Crippen molar-refractivity contribution in [3.63, 3.8) is 0 Å². The molecule has 2 aromatic carbocycles. The topological polar surface area (TPSA) is 49.3 Å². The van der Waals surface area contributed by atoms with E-state index < -0.39 is 5.97 Å². The zero-order chi connectivity index (χ0) is 13.8. The highest BCUT2D eigenvalue weighted by Gasteiger charge is 2.10. The highest BCUT2D eigenvalue weighted by Crippen LogP contribution is 2.22. The van der Waals surface area contributed by atoms with E-state index in [1.807, 2.05) is 24.3 Å². The number of aromatic carboxylic acids is 1. The van der Waals surface area contributed by atoms with Crippen molar-refractivity contribution in [1.29, 1.82) is 0 Å². The Morgan fingerprint density at radius 1 is 1.11 bits per heavy atom. The molecule has 0 aliphatic carbocycles. The summed E-state index contributed by atoms with van der Waals surface area (Å²) in [7, 11) is 0. The van der Waals surface area contributed by atoms with Crippen molar-refractivity contribution in [3.8, 4) is 0 Å². The smallest absolute Gasteiger partial charge is 0.337 e. The van der Waals surface area contributed by atoms with Gasteiger partial charge in [-0.25, -0.2) is 4.79 Å². The Morgan fingerprint density at radius 3 is 2.53 bits per heavy atom. The second-order valence-electron chi connectivity index (χ2n) is 3.98. The first-order chi connectivity index (χ1) is 9.06. The fourth-order valence-corrected chi connectivity index (χ4v) is 2.50. The molecule has 0 heterocycles. The lowest BCUT2D eigenvalue weighted by Gasteiger charge is -2.10. The fraction of sp³-hybridized carbons (Fsp3) is 0.0714. The molecule has 0 bridgehead atoms. The average Bonchev–Trinajstić information content (AvgIpc) is 2.36. The fourth-order valence-electron chi connectivity index (χ4n) is 1.69. The summed E-state index contributed by atoms with van der Waals surface area (Å²) < 4.78 is 1.84. The van der Waals surface area contributed by atoms with Gasteiger partial charge in [0.25, 0.3) is 0 Å². The molecular formula is C14H11Br2NO2. The van der Waals surface area contributed by atoms with Crippen molar-refractivity contribution in [2.75, 3.05) is 5.32 Å². The van der Waals surface area contributed by atoms with Crippen LogP contribution in [0.2, 0.25) is 0 Å². The predicted molar refractivity (Wildman–Crippen MR) is 82.6 cm³/mol. The van der Waals surface area contributed by atoms with Crippen LogP contribution in [0.5, 0.6) is 0 Å². The molecule has 2 aromatic rings. The minimum atomic E-state index is -0.941. The van der Waals surface area contributed by atoms with Gasteiger partial charge in [-0.2, -0.15) is 0 Å². The number of anilines is 1. The molecule has 0 spiro atoms. The van der Waals surface area contributed by atoms with Crippen molar-refractivity contribution in [2.24, 2.45) is 0 Å². The van der Waals surface area contributed by atoms with Crippen LogP contribution >= 0.6 is 31.9 Å². The average molecular weight is 385 g/mol. The second-order valence-corrected chi connectivity index (χ2v) is 5.81. The van der Waals surface area contributed by atoms with Crippen LogP contribution in [0.25, 0.3) is 0 Å². The number of carboxylic acids is 1. The van der Waals surface area contributed by atoms with E-state index >= 15 is 0 Å². The molecular weight excluding hydrogens is 374 g/mol. The molecule has 0 unspecified atom stereocenters. The summed E-state index contributed by atoms with van der Waals surface area (Å²) in [6.07, 6.45) is 0. The van der Waals surface area contributed by atoms with Crippen LogP contribution in [0, 0.1) is 0 Å². The van der Waals surface area contributed by atoms with Crippen molar-refractivity contribution >= 4 is 43.5 Å². The number of hydrogen-bond acceptors (Lipinski definition) is 2. The van der Waals surface area contributed by atoms with Crippen molar-refractivity contribution in [3.05, 3.63) is 62.5 Å². The van der Waals surface area contributed by atoms with Crippen molar-refractivity contribution in [2.45, 2.75) is 6.54 Å². The summed E-state index contributed by atoms with van der Waals surface area (Å²) in [5.74, 6) is -0.941. The number of carbonyl (C=O) groups is 1. The predicted octanol–water partition coefficient (Wildman–Crippen LogP) is 4.52. The third-order valence-corrected chi connectivity index (χ3v) is 3.57. The SMILES string of the molecule is O=C(O)c1ccc(Br)cc1NCc1cccc(Br)c1. The largest absolute Gasteiger partial charge is 0.478 e. The van der Waals surface area contributed by atoms with Gasteiger partial charge in [0.15, 0.2) is 0 Å². The monoisotopic (exact) mass is 383 g/mol. The first-order valence-corrected chi connectivity index (χ1v) is 7.16. The Balaban J connectivity index is 2.19. The highest BCUT2D eigenvalue weighted by atomic mass is 79.9. The molecule has 0 saturated heterocycles. The van der Waals surface area contributed by atoms with Crippen LogP contribution in [0.4, 0.5) is 5.69 Å². The quantitative estimate of drug-likeness (QED) is 0.814. The molecule has 0 aliphatic heterocycles. The lowest BCUT2D eigenvalue weighted by atomic mass is 10.1. The third kappa shape index (κ3) is 3.81. The van der Waals surface area contributed by atoms with Crippen LogP contribution in [0.15, 0.2) is 51.4 Å². The molecule has 0 aromatic heterocycles. The minimum absolute atomic E-state index is 0.262. The van der Waals surface area contributed by atoms with E-state index in [1.165, 1.54) is 0 Å². The second kappa shape index (κ2) is 6.21. The number of halogens is 2. The Morgan fingerprint density at radius 2 is 1.84 bits per heavy atom. The number of nitrogens with one attached hydrogen (secondary N) is 1. The molecule has 19 heavy (non-hydrogen) atoms. The van der Waals surface area contributed by atoms with Crippen LogP contribution in [-0.4, -0.2) is 11.1 Å². The van der Waals surface area contributed by atoms with Gasteiger partial charge < -0.3 is 10.4 Å². The molecule has 0 saturated carbocycles. The molecule has 98 valence electrons. The molecule has 0 atom stereocenters. The minimum Gasteiger partial charge on any atom is -0.478 e. The van der Waals surface area contributed by atoms with Gasteiger partial charge in [-0.3, -0.25) is 0 Å². The van der Waals surface area contributed by atoms with E-state index in [4.69, 9.17) is 5.11 Å². The first kappa shape index (κ1) is 14.1. The van der Waals surface area contributed by atoms with E-state index in [0.717, 1.165) is 14.5 Å². The summed E-state index contributed by atoms with van der Waals surface area (Å²) in [6.45, 7) is 0.566. The molecule has 2 N–H and O–H groups in total. The third-order valence-electron chi connectivity index (χ3n) is 2.58. The molecule has 0 aliphatic rings. The number of hydrogen-bond donors (Lipinski definition) is 2. The maximum Gasteiger partial charge on any atom is 0.337 e. The Hall–Kier alpha value is -1.33. The normalized spacial score (nSPS) is 10.2. The van der Waals surface area contributed by atoms with Crippen LogP contribution in [-0.2, 0) is 6.54 Å². The van der Waals surface area contributed by atoms with E-state index in [2.05, 4.69) is 37.2 Å². The number of rotatable bonds is 4. The van der Waals surface area contributed by atoms with E-state index in [0.29, 0.717) is 12.2 Å². The van der Waals surface area contributed by atoms with Gasteiger partial charge in [-0.15, -0.1) is 0 Å². The lowest BCUT2D eigenvalue weighted by Crippen LogP contribution is -2.06. The summed E-state index contributed by atoms with van der Waals surface area (Å²) in [5.41, 5.74) is 1.94. The zero-order valence-electron chi connectivity index (χ0n) is 9.86. The Bertz CT molecular complexity index is 614. The maximum atomic E-state index is 11.1.